The van der Waals surface area contributed by atoms with E-state index in [0.717, 1.165) is 26.9 Å². The lowest BCUT2D eigenvalue weighted by Crippen LogP contribution is -2.45. The molecule has 0 spiro atoms. The second-order valence-corrected chi connectivity index (χ2v) is 10.8. The van der Waals surface area contributed by atoms with E-state index in [1.807, 2.05) is 20.8 Å². The van der Waals surface area contributed by atoms with Crippen LogP contribution in [0, 0.1) is 26.7 Å². The van der Waals surface area contributed by atoms with Crippen molar-refractivity contribution in [2.45, 2.75) is 45.1 Å². The maximum absolute atomic E-state index is 13.0. The summed E-state index contributed by atoms with van der Waals surface area (Å²) in [5.41, 5.74) is 2.69. The summed E-state index contributed by atoms with van der Waals surface area (Å²) in [6.07, 6.45) is 1.33. The number of imidazole rings is 1. The molecule has 1 aliphatic rings. The molecule has 1 saturated heterocycles. The SMILES string of the molecule is Cc1ccc(S(=O)(=O)N2CCC[C@H](C(=O)NCc3c(C)nc4sc(C)nn34)C2)cc1. The van der Waals surface area contributed by atoms with Gasteiger partial charge in [-0.25, -0.2) is 17.9 Å². The van der Waals surface area contributed by atoms with Crippen LogP contribution in [0.5, 0.6) is 0 Å². The Labute approximate surface area is 180 Å². The van der Waals surface area contributed by atoms with E-state index in [-0.39, 0.29) is 23.3 Å². The molecule has 0 radical (unpaired) electrons. The minimum Gasteiger partial charge on any atom is -0.350 e. The highest BCUT2D eigenvalue weighted by molar-refractivity contribution is 7.89. The first kappa shape index (κ1) is 21.0. The fraction of sp³-hybridized carbons (Fsp3) is 0.450. The largest absolute Gasteiger partial charge is 0.350 e. The van der Waals surface area contributed by atoms with Crippen molar-refractivity contribution in [1.82, 2.24) is 24.2 Å². The van der Waals surface area contributed by atoms with Crippen LogP contribution in [0.15, 0.2) is 29.2 Å². The molecule has 1 atom stereocenters. The molecular formula is C20H25N5O3S2. The number of hydrogen-bond donors (Lipinski definition) is 1. The summed E-state index contributed by atoms with van der Waals surface area (Å²) >= 11 is 1.51. The van der Waals surface area contributed by atoms with Gasteiger partial charge in [0.25, 0.3) is 0 Å². The van der Waals surface area contributed by atoms with Crippen LogP contribution in [0.4, 0.5) is 0 Å². The zero-order chi connectivity index (χ0) is 21.5. The molecule has 0 bridgehead atoms. The molecule has 1 N–H and O–H groups in total. The van der Waals surface area contributed by atoms with Crippen LogP contribution < -0.4 is 5.32 Å². The summed E-state index contributed by atoms with van der Waals surface area (Å²) in [4.78, 5) is 18.4. The minimum atomic E-state index is -3.61. The standard InChI is InChI=1S/C20H25N5O3S2/c1-13-6-8-17(9-7-13)30(27,28)24-10-4-5-16(12-24)19(26)21-11-18-14(2)22-20-25(18)23-15(3)29-20/h6-9,16H,4-5,10-12H2,1-3H3,(H,21,26)/t16-/m0/s1. The second-order valence-electron chi connectivity index (χ2n) is 7.69. The molecule has 160 valence electrons. The van der Waals surface area contributed by atoms with Gasteiger partial charge < -0.3 is 5.32 Å². The van der Waals surface area contributed by atoms with E-state index in [1.165, 1.54) is 15.6 Å². The van der Waals surface area contributed by atoms with Crippen molar-refractivity contribution in [3.05, 3.63) is 46.2 Å². The van der Waals surface area contributed by atoms with Crippen molar-refractivity contribution >= 4 is 32.2 Å². The first-order valence-electron chi connectivity index (χ1n) is 9.92. The third kappa shape index (κ3) is 3.99. The van der Waals surface area contributed by atoms with Crippen LogP contribution in [-0.4, -0.2) is 46.3 Å². The fourth-order valence-electron chi connectivity index (χ4n) is 3.74. The van der Waals surface area contributed by atoms with Gasteiger partial charge in [-0.1, -0.05) is 29.0 Å². The minimum absolute atomic E-state index is 0.139. The van der Waals surface area contributed by atoms with Crippen molar-refractivity contribution in [3.8, 4) is 0 Å². The van der Waals surface area contributed by atoms with Crippen molar-refractivity contribution < 1.29 is 13.2 Å². The number of aryl methyl sites for hydroxylation is 3. The summed E-state index contributed by atoms with van der Waals surface area (Å²) in [5.74, 6) is -0.514. The molecule has 1 aliphatic heterocycles. The van der Waals surface area contributed by atoms with Gasteiger partial charge in [-0.2, -0.15) is 9.40 Å². The number of benzene rings is 1. The van der Waals surface area contributed by atoms with Crippen molar-refractivity contribution in [2.75, 3.05) is 13.1 Å². The predicted molar refractivity (Wildman–Crippen MR) is 115 cm³/mol. The quantitative estimate of drug-likeness (QED) is 0.648. The molecular weight excluding hydrogens is 422 g/mol. The van der Waals surface area contributed by atoms with Crippen molar-refractivity contribution in [3.63, 3.8) is 0 Å². The van der Waals surface area contributed by atoms with Crippen molar-refractivity contribution in [2.24, 2.45) is 5.92 Å². The average molecular weight is 448 g/mol. The molecule has 1 amide bonds. The van der Waals surface area contributed by atoms with E-state index in [4.69, 9.17) is 0 Å². The number of hydrogen-bond acceptors (Lipinski definition) is 6. The van der Waals surface area contributed by atoms with Crippen LogP contribution in [0.3, 0.4) is 0 Å². The molecule has 0 saturated carbocycles. The molecule has 30 heavy (non-hydrogen) atoms. The number of carbonyl (C=O) groups is 1. The molecule has 8 nitrogen and oxygen atoms in total. The van der Waals surface area contributed by atoms with E-state index in [9.17, 15) is 13.2 Å². The smallest absolute Gasteiger partial charge is 0.243 e. The molecule has 0 unspecified atom stereocenters. The van der Waals surface area contributed by atoms with Gasteiger partial charge in [0.05, 0.1) is 28.7 Å². The molecule has 0 aliphatic carbocycles. The molecule has 10 heteroatoms. The third-order valence-electron chi connectivity index (χ3n) is 5.44. The lowest BCUT2D eigenvalue weighted by molar-refractivity contribution is -0.126. The van der Waals surface area contributed by atoms with Gasteiger partial charge in [-0.15, -0.1) is 0 Å². The van der Waals surface area contributed by atoms with E-state index in [0.29, 0.717) is 25.9 Å². The Morgan fingerprint density at radius 2 is 1.97 bits per heavy atom. The maximum atomic E-state index is 13.0. The van der Waals surface area contributed by atoms with Crippen molar-refractivity contribution in [1.29, 1.82) is 0 Å². The number of rotatable bonds is 5. The normalized spacial score (nSPS) is 18.0. The summed E-state index contributed by atoms with van der Waals surface area (Å²) in [6.45, 7) is 6.67. The van der Waals surface area contributed by atoms with Crippen LogP contribution in [0.1, 0.15) is 34.8 Å². The number of aromatic nitrogens is 3. The van der Waals surface area contributed by atoms with E-state index in [2.05, 4.69) is 15.4 Å². The summed E-state index contributed by atoms with van der Waals surface area (Å²) in [5, 5.41) is 8.31. The Balaban J connectivity index is 1.44. The van der Waals surface area contributed by atoms with Gasteiger partial charge in [0.1, 0.15) is 5.01 Å². The Morgan fingerprint density at radius 1 is 1.23 bits per heavy atom. The molecule has 3 aromatic rings. The van der Waals surface area contributed by atoms with Gasteiger partial charge in [0.15, 0.2) is 0 Å². The highest BCUT2D eigenvalue weighted by atomic mass is 32.2. The van der Waals surface area contributed by atoms with E-state index < -0.39 is 10.0 Å². The topological polar surface area (TPSA) is 96.7 Å². The third-order valence-corrected chi connectivity index (χ3v) is 8.14. The number of fused-ring (bicyclic) bond motifs is 1. The number of nitrogens with zero attached hydrogens (tertiary/aromatic N) is 4. The monoisotopic (exact) mass is 447 g/mol. The number of amides is 1. The highest BCUT2D eigenvalue weighted by Crippen LogP contribution is 2.24. The Kier molecular flexibility index (Phi) is 5.65. The van der Waals surface area contributed by atoms with E-state index >= 15 is 0 Å². The maximum Gasteiger partial charge on any atom is 0.243 e. The zero-order valence-corrected chi connectivity index (χ0v) is 18.9. The van der Waals surface area contributed by atoms with Gasteiger partial charge >= 0.3 is 0 Å². The fourth-order valence-corrected chi connectivity index (χ4v) is 6.07. The average Bonchev–Trinajstić information content (AvgIpc) is 3.21. The predicted octanol–water partition coefficient (Wildman–Crippen LogP) is 2.43. The lowest BCUT2D eigenvalue weighted by Gasteiger charge is -2.31. The highest BCUT2D eigenvalue weighted by Gasteiger charge is 2.33. The lowest BCUT2D eigenvalue weighted by atomic mass is 9.99. The number of nitrogens with one attached hydrogen (secondary N) is 1. The van der Waals surface area contributed by atoms with Crippen LogP contribution >= 0.6 is 11.3 Å². The second kappa shape index (κ2) is 8.09. The Morgan fingerprint density at radius 3 is 2.70 bits per heavy atom. The van der Waals surface area contributed by atoms with Gasteiger partial charge in [0, 0.05) is 13.1 Å². The zero-order valence-electron chi connectivity index (χ0n) is 17.3. The number of carbonyl (C=O) groups excluding carboxylic acids is 1. The van der Waals surface area contributed by atoms with Gasteiger partial charge in [-0.05, 0) is 45.7 Å². The molecule has 4 rings (SSSR count). The summed E-state index contributed by atoms with van der Waals surface area (Å²) < 4.78 is 29.2. The molecule has 2 aromatic heterocycles. The molecule has 1 fully saturated rings. The van der Waals surface area contributed by atoms with E-state index in [1.54, 1.807) is 28.8 Å². The van der Waals surface area contributed by atoms with Crippen LogP contribution in [-0.2, 0) is 21.4 Å². The summed E-state index contributed by atoms with van der Waals surface area (Å²) in [6, 6.07) is 6.82. The molecule has 1 aromatic carbocycles. The Bertz CT molecular complexity index is 1180. The van der Waals surface area contributed by atoms with Gasteiger partial charge in [-0.3, -0.25) is 4.79 Å². The van der Waals surface area contributed by atoms with Crippen LogP contribution in [0.2, 0.25) is 0 Å². The number of piperidine rings is 1. The first-order valence-corrected chi connectivity index (χ1v) is 12.2. The first-order chi connectivity index (χ1) is 14.3. The van der Waals surface area contributed by atoms with Crippen LogP contribution in [0.25, 0.3) is 4.96 Å². The molecule has 3 heterocycles. The summed E-state index contributed by atoms with van der Waals surface area (Å²) in [7, 11) is -3.61. The number of sulfonamides is 1. The van der Waals surface area contributed by atoms with Gasteiger partial charge in [0.2, 0.25) is 20.9 Å². The Hall–Kier alpha value is -2.30.